The summed E-state index contributed by atoms with van der Waals surface area (Å²) in [6, 6.07) is 17.0. The summed E-state index contributed by atoms with van der Waals surface area (Å²) in [6.45, 7) is 5.44. The van der Waals surface area contributed by atoms with Gasteiger partial charge in [0.25, 0.3) is 0 Å². The Balaban J connectivity index is 2.21. The molecule has 1 N–H and O–H groups in total. The minimum atomic E-state index is 0.382. The van der Waals surface area contributed by atoms with Crippen molar-refractivity contribution in [2.75, 3.05) is 6.54 Å². The van der Waals surface area contributed by atoms with Crippen LogP contribution in [0.25, 0.3) is 11.1 Å². The van der Waals surface area contributed by atoms with Crippen molar-refractivity contribution in [2.24, 2.45) is 0 Å². The average molecular weight is 274 g/mol. The van der Waals surface area contributed by atoms with Gasteiger partial charge in [-0.1, -0.05) is 48.9 Å². The van der Waals surface area contributed by atoms with Crippen LogP contribution in [0.2, 0.25) is 5.02 Å². The maximum atomic E-state index is 5.93. The minimum Gasteiger partial charge on any atom is -0.310 e. The van der Waals surface area contributed by atoms with E-state index in [1.807, 2.05) is 12.1 Å². The van der Waals surface area contributed by atoms with Gasteiger partial charge in [-0.2, -0.15) is 0 Å². The molecule has 2 rings (SSSR count). The Kier molecular flexibility index (Phi) is 5.00. The van der Waals surface area contributed by atoms with Gasteiger partial charge in [-0.05, 0) is 54.8 Å². The van der Waals surface area contributed by atoms with Crippen LogP contribution in [0.5, 0.6) is 0 Å². The average Bonchev–Trinajstić information content (AvgIpc) is 2.45. The maximum absolute atomic E-state index is 5.93. The monoisotopic (exact) mass is 273 g/mol. The SMILES string of the molecule is CCCNC(C)c1cccc(-c2ccc(Cl)cc2)c1. The zero-order chi connectivity index (χ0) is 13.7. The highest BCUT2D eigenvalue weighted by Gasteiger charge is 2.05. The third-order valence-corrected chi connectivity index (χ3v) is 3.52. The number of halogens is 1. The van der Waals surface area contributed by atoms with Crippen LogP contribution in [-0.2, 0) is 0 Å². The van der Waals surface area contributed by atoms with Gasteiger partial charge in [0.2, 0.25) is 0 Å². The zero-order valence-electron chi connectivity index (χ0n) is 11.5. The standard InChI is InChI=1S/C17H20ClN/c1-3-11-19-13(2)15-5-4-6-16(12-15)14-7-9-17(18)10-8-14/h4-10,12-13,19H,3,11H2,1-2H3. The van der Waals surface area contributed by atoms with Crippen LogP contribution >= 0.6 is 11.6 Å². The molecule has 0 amide bonds. The highest BCUT2D eigenvalue weighted by atomic mass is 35.5. The molecular formula is C17H20ClN. The molecule has 0 radical (unpaired) electrons. The zero-order valence-corrected chi connectivity index (χ0v) is 12.2. The molecule has 100 valence electrons. The molecule has 2 heteroatoms. The van der Waals surface area contributed by atoms with Gasteiger partial charge < -0.3 is 5.32 Å². The molecule has 1 unspecified atom stereocenters. The predicted molar refractivity (Wildman–Crippen MR) is 83.6 cm³/mol. The third kappa shape index (κ3) is 3.82. The fourth-order valence-corrected chi connectivity index (χ4v) is 2.23. The Bertz CT molecular complexity index is 519. The van der Waals surface area contributed by atoms with Crippen LogP contribution in [0.1, 0.15) is 31.9 Å². The molecule has 0 heterocycles. The number of hydrogen-bond donors (Lipinski definition) is 1. The van der Waals surface area contributed by atoms with E-state index < -0.39 is 0 Å². The lowest BCUT2D eigenvalue weighted by Crippen LogP contribution is -2.19. The van der Waals surface area contributed by atoms with E-state index in [1.54, 1.807) is 0 Å². The number of hydrogen-bond acceptors (Lipinski definition) is 1. The van der Waals surface area contributed by atoms with Gasteiger partial charge in [-0.15, -0.1) is 0 Å². The van der Waals surface area contributed by atoms with E-state index in [2.05, 4.69) is 55.6 Å². The fourth-order valence-electron chi connectivity index (χ4n) is 2.11. The van der Waals surface area contributed by atoms with Gasteiger partial charge in [0.05, 0.1) is 0 Å². The molecule has 1 atom stereocenters. The number of benzene rings is 2. The lowest BCUT2D eigenvalue weighted by Gasteiger charge is -2.14. The molecule has 0 aliphatic heterocycles. The molecule has 0 spiro atoms. The van der Waals surface area contributed by atoms with Crippen LogP contribution in [0.4, 0.5) is 0 Å². The van der Waals surface area contributed by atoms with Crippen LogP contribution in [0, 0.1) is 0 Å². The molecule has 0 fully saturated rings. The third-order valence-electron chi connectivity index (χ3n) is 3.26. The summed E-state index contributed by atoms with van der Waals surface area (Å²) in [6.07, 6.45) is 1.15. The summed E-state index contributed by atoms with van der Waals surface area (Å²) < 4.78 is 0. The summed E-state index contributed by atoms with van der Waals surface area (Å²) >= 11 is 5.93. The second kappa shape index (κ2) is 6.74. The molecule has 0 saturated heterocycles. The Hall–Kier alpha value is -1.31. The Morgan fingerprint density at radius 1 is 1.05 bits per heavy atom. The fraction of sp³-hybridized carbons (Fsp3) is 0.294. The molecular weight excluding hydrogens is 254 g/mol. The molecule has 2 aromatic rings. The lowest BCUT2D eigenvalue weighted by atomic mass is 10.00. The summed E-state index contributed by atoms with van der Waals surface area (Å²) in [5, 5.41) is 4.29. The van der Waals surface area contributed by atoms with E-state index in [0.29, 0.717) is 6.04 Å². The molecule has 0 bridgehead atoms. The Labute approximate surface area is 120 Å². The second-order valence-electron chi connectivity index (χ2n) is 4.81. The first-order valence-corrected chi connectivity index (χ1v) is 7.18. The van der Waals surface area contributed by atoms with E-state index in [9.17, 15) is 0 Å². The first-order chi connectivity index (χ1) is 9.20. The Morgan fingerprint density at radius 2 is 1.79 bits per heavy atom. The summed E-state index contributed by atoms with van der Waals surface area (Å²) in [5.41, 5.74) is 3.76. The van der Waals surface area contributed by atoms with E-state index >= 15 is 0 Å². The molecule has 19 heavy (non-hydrogen) atoms. The van der Waals surface area contributed by atoms with Crippen molar-refractivity contribution in [3.63, 3.8) is 0 Å². The maximum Gasteiger partial charge on any atom is 0.0406 e. The summed E-state index contributed by atoms with van der Waals surface area (Å²) in [7, 11) is 0. The van der Waals surface area contributed by atoms with Gasteiger partial charge in [-0.3, -0.25) is 0 Å². The van der Waals surface area contributed by atoms with Crippen LogP contribution in [-0.4, -0.2) is 6.54 Å². The number of rotatable bonds is 5. The highest BCUT2D eigenvalue weighted by molar-refractivity contribution is 6.30. The quantitative estimate of drug-likeness (QED) is 0.802. The van der Waals surface area contributed by atoms with E-state index in [-0.39, 0.29) is 0 Å². The van der Waals surface area contributed by atoms with Gasteiger partial charge in [0.1, 0.15) is 0 Å². The van der Waals surface area contributed by atoms with E-state index in [1.165, 1.54) is 16.7 Å². The van der Waals surface area contributed by atoms with Crippen molar-refractivity contribution in [2.45, 2.75) is 26.3 Å². The van der Waals surface area contributed by atoms with Crippen molar-refractivity contribution < 1.29 is 0 Å². The molecule has 2 aromatic carbocycles. The first-order valence-electron chi connectivity index (χ1n) is 6.80. The van der Waals surface area contributed by atoms with E-state index in [4.69, 9.17) is 11.6 Å². The summed E-state index contributed by atoms with van der Waals surface area (Å²) in [4.78, 5) is 0. The molecule has 0 aliphatic carbocycles. The van der Waals surface area contributed by atoms with Crippen molar-refractivity contribution in [3.8, 4) is 11.1 Å². The normalized spacial score (nSPS) is 12.4. The molecule has 0 aliphatic rings. The van der Waals surface area contributed by atoms with Crippen LogP contribution in [0.15, 0.2) is 48.5 Å². The van der Waals surface area contributed by atoms with Gasteiger partial charge >= 0.3 is 0 Å². The van der Waals surface area contributed by atoms with Crippen molar-refractivity contribution in [1.82, 2.24) is 5.32 Å². The number of nitrogens with one attached hydrogen (secondary N) is 1. The minimum absolute atomic E-state index is 0.382. The molecule has 0 aromatic heterocycles. The summed E-state index contributed by atoms with van der Waals surface area (Å²) in [5.74, 6) is 0. The largest absolute Gasteiger partial charge is 0.310 e. The van der Waals surface area contributed by atoms with Crippen LogP contribution in [0.3, 0.4) is 0 Å². The van der Waals surface area contributed by atoms with Gasteiger partial charge in [0.15, 0.2) is 0 Å². The second-order valence-corrected chi connectivity index (χ2v) is 5.24. The van der Waals surface area contributed by atoms with Crippen molar-refractivity contribution >= 4 is 11.6 Å². The topological polar surface area (TPSA) is 12.0 Å². The Morgan fingerprint density at radius 3 is 2.47 bits per heavy atom. The first kappa shape index (κ1) is 14.1. The van der Waals surface area contributed by atoms with Gasteiger partial charge in [-0.25, -0.2) is 0 Å². The smallest absolute Gasteiger partial charge is 0.0406 e. The van der Waals surface area contributed by atoms with Gasteiger partial charge in [0, 0.05) is 11.1 Å². The highest BCUT2D eigenvalue weighted by Crippen LogP contribution is 2.24. The van der Waals surface area contributed by atoms with Crippen LogP contribution < -0.4 is 5.32 Å². The van der Waals surface area contributed by atoms with E-state index in [0.717, 1.165) is 18.0 Å². The molecule has 0 saturated carbocycles. The van der Waals surface area contributed by atoms with Crippen molar-refractivity contribution in [1.29, 1.82) is 0 Å². The predicted octanol–water partition coefficient (Wildman–Crippen LogP) is 5.07. The lowest BCUT2D eigenvalue weighted by molar-refractivity contribution is 0.571. The molecule has 1 nitrogen and oxygen atoms in total. The van der Waals surface area contributed by atoms with Crippen molar-refractivity contribution in [3.05, 3.63) is 59.1 Å².